The Hall–Kier alpha value is -3.45. The molecule has 2 aromatic heterocycles. The molecule has 0 bridgehead atoms. The number of rotatable bonds is 8. The maximum Gasteiger partial charge on any atom is 0.247 e. The number of hydrogen-bond donors (Lipinski definition) is 1. The van der Waals surface area contributed by atoms with Crippen molar-refractivity contribution in [3.8, 4) is 5.88 Å². The molecular formula is C26H27N5O2. The summed E-state index contributed by atoms with van der Waals surface area (Å²) >= 11 is 0. The van der Waals surface area contributed by atoms with Gasteiger partial charge in [-0.05, 0) is 41.7 Å². The van der Waals surface area contributed by atoms with Gasteiger partial charge in [-0.2, -0.15) is 9.97 Å². The summed E-state index contributed by atoms with van der Waals surface area (Å²) in [4.78, 5) is 13.5. The molecule has 2 N–H and O–H groups in total. The van der Waals surface area contributed by atoms with E-state index in [0.29, 0.717) is 36.6 Å². The summed E-state index contributed by atoms with van der Waals surface area (Å²) in [5.74, 6) is 1.22. The van der Waals surface area contributed by atoms with E-state index < -0.39 is 0 Å². The van der Waals surface area contributed by atoms with Crippen LogP contribution in [0.4, 0.5) is 5.95 Å². The van der Waals surface area contributed by atoms with Gasteiger partial charge in [0.25, 0.3) is 0 Å². The van der Waals surface area contributed by atoms with Crippen molar-refractivity contribution in [1.82, 2.24) is 19.5 Å². The predicted molar refractivity (Wildman–Crippen MR) is 125 cm³/mol. The Morgan fingerprint density at radius 3 is 2.42 bits per heavy atom. The molecule has 7 heteroatoms. The lowest BCUT2D eigenvalue weighted by Crippen LogP contribution is -2.11. The number of nitrogen functional groups attached to an aromatic ring is 1. The first-order chi connectivity index (χ1) is 16.2. The normalized spacial score (nSPS) is 23.5. The first kappa shape index (κ1) is 20.2. The van der Waals surface area contributed by atoms with Crippen molar-refractivity contribution in [1.29, 1.82) is 0 Å². The van der Waals surface area contributed by atoms with Crippen molar-refractivity contribution in [2.24, 2.45) is 11.3 Å². The number of nitrogens with two attached hydrogens (primary N) is 1. The summed E-state index contributed by atoms with van der Waals surface area (Å²) in [7, 11) is 0. The van der Waals surface area contributed by atoms with Crippen molar-refractivity contribution in [2.45, 2.75) is 38.5 Å². The molecule has 168 valence electrons. The van der Waals surface area contributed by atoms with Gasteiger partial charge >= 0.3 is 0 Å². The van der Waals surface area contributed by atoms with E-state index in [-0.39, 0.29) is 11.4 Å². The predicted octanol–water partition coefficient (Wildman–Crippen LogP) is 4.55. The van der Waals surface area contributed by atoms with Crippen LogP contribution >= 0.6 is 0 Å². The third kappa shape index (κ3) is 3.82. The van der Waals surface area contributed by atoms with Crippen LogP contribution in [0.5, 0.6) is 5.88 Å². The van der Waals surface area contributed by atoms with Gasteiger partial charge in [0.2, 0.25) is 11.8 Å². The van der Waals surface area contributed by atoms with Crippen LogP contribution in [0.25, 0.3) is 11.2 Å². The number of nitrogens with zero attached hydrogens (tertiary/aromatic N) is 4. The number of benzene rings is 2. The Labute approximate surface area is 192 Å². The van der Waals surface area contributed by atoms with E-state index in [9.17, 15) is 0 Å². The standard InChI is InChI=1S/C26H27N5O2/c27-25-29-23-22(24(30-25)33-15-19-9-5-2-6-10-19)28-17-31(23)21-11-12-26(13-20(21)26)16-32-14-18-7-3-1-4-8-18/h1-10,17,20-21H,11-16H2,(H2,27,29,30)/t20-,21+,26-/m1/s1. The van der Waals surface area contributed by atoms with E-state index >= 15 is 0 Å². The van der Waals surface area contributed by atoms with Gasteiger partial charge in [0.05, 0.1) is 19.5 Å². The zero-order valence-corrected chi connectivity index (χ0v) is 18.4. The highest BCUT2D eigenvalue weighted by molar-refractivity contribution is 5.77. The zero-order chi connectivity index (χ0) is 22.3. The monoisotopic (exact) mass is 441 g/mol. The van der Waals surface area contributed by atoms with E-state index in [0.717, 1.165) is 30.7 Å². The van der Waals surface area contributed by atoms with Crippen LogP contribution in [0.3, 0.4) is 0 Å². The SMILES string of the molecule is Nc1nc(OCc2ccccc2)c2ncn([C@H]3CC[C@]4(COCc5ccccc5)C[C@H]34)c2n1. The molecule has 3 atom stereocenters. The minimum Gasteiger partial charge on any atom is -0.471 e. The highest BCUT2D eigenvalue weighted by Crippen LogP contribution is 2.68. The van der Waals surface area contributed by atoms with Gasteiger partial charge in [-0.3, -0.25) is 0 Å². The molecule has 0 saturated heterocycles. The van der Waals surface area contributed by atoms with Gasteiger partial charge in [-0.25, -0.2) is 4.98 Å². The molecule has 2 aliphatic carbocycles. The van der Waals surface area contributed by atoms with E-state index in [1.165, 1.54) is 12.0 Å². The second-order valence-electron chi connectivity index (χ2n) is 9.24. The van der Waals surface area contributed by atoms with Crippen LogP contribution in [0.15, 0.2) is 67.0 Å². The maximum atomic E-state index is 6.12. The molecule has 2 aliphatic rings. The van der Waals surface area contributed by atoms with E-state index in [2.05, 4.69) is 43.8 Å². The molecule has 0 aliphatic heterocycles. The molecule has 0 unspecified atom stereocenters. The van der Waals surface area contributed by atoms with E-state index in [4.69, 9.17) is 15.2 Å². The molecule has 2 aromatic carbocycles. The third-order valence-corrected chi connectivity index (χ3v) is 7.14. The summed E-state index contributed by atoms with van der Waals surface area (Å²) < 4.78 is 14.3. The van der Waals surface area contributed by atoms with Gasteiger partial charge in [0.1, 0.15) is 6.61 Å². The fourth-order valence-electron chi connectivity index (χ4n) is 5.34. The topological polar surface area (TPSA) is 88.1 Å². The van der Waals surface area contributed by atoms with Gasteiger partial charge < -0.3 is 19.8 Å². The van der Waals surface area contributed by atoms with Crippen LogP contribution in [0, 0.1) is 11.3 Å². The number of hydrogen-bond acceptors (Lipinski definition) is 6. The van der Waals surface area contributed by atoms with Crippen LogP contribution in [0.2, 0.25) is 0 Å². The lowest BCUT2D eigenvalue weighted by molar-refractivity contribution is 0.0750. The largest absolute Gasteiger partial charge is 0.471 e. The Morgan fingerprint density at radius 1 is 0.970 bits per heavy atom. The molecular weight excluding hydrogens is 414 g/mol. The third-order valence-electron chi connectivity index (χ3n) is 7.14. The van der Waals surface area contributed by atoms with Gasteiger partial charge in [-0.1, -0.05) is 60.7 Å². The average molecular weight is 442 g/mol. The number of ether oxygens (including phenoxy) is 2. The Kier molecular flexibility index (Phi) is 4.99. The van der Waals surface area contributed by atoms with Crippen molar-refractivity contribution in [3.63, 3.8) is 0 Å². The van der Waals surface area contributed by atoms with Crippen LogP contribution in [-0.2, 0) is 18.0 Å². The first-order valence-electron chi connectivity index (χ1n) is 11.5. The van der Waals surface area contributed by atoms with Gasteiger partial charge in [0, 0.05) is 6.04 Å². The molecule has 2 fully saturated rings. The number of fused-ring (bicyclic) bond motifs is 2. The van der Waals surface area contributed by atoms with Crippen molar-refractivity contribution in [2.75, 3.05) is 12.3 Å². The molecule has 0 radical (unpaired) electrons. The molecule has 0 spiro atoms. The smallest absolute Gasteiger partial charge is 0.247 e. The maximum absolute atomic E-state index is 6.12. The van der Waals surface area contributed by atoms with Crippen molar-refractivity contribution < 1.29 is 9.47 Å². The first-order valence-corrected chi connectivity index (χ1v) is 11.5. The molecule has 4 aromatic rings. The average Bonchev–Trinajstić information content (AvgIpc) is 3.20. The summed E-state index contributed by atoms with van der Waals surface area (Å²) in [6.45, 7) is 1.88. The Bertz CT molecular complexity index is 1260. The second kappa shape index (κ2) is 8.15. The number of imidazole rings is 1. The number of aromatic nitrogens is 4. The highest BCUT2D eigenvalue weighted by Gasteiger charge is 2.62. The summed E-state index contributed by atoms with van der Waals surface area (Å²) in [5.41, 5.74) is 10.0. The fourth-order valence-corrected chi connectivity index (χ4v) is 5.34. The summed E-state index contributed by atoms with van der Waals surface area (Å²) in [5, 5.41) is 0. The zero-order valence-electron chi connectivity index (χ0n) is 18.4. The molecule has 33 heavy (non-hydrogen) atoms. The molecule has 6 rings (SSSR count). The van der Waals surface area contributed by atoms with E-state index in [1.54, 1.807) is 0 Å². The quantitative estimate of drug-likeness (QED) is 0.432. The Balaban J connectivity index is 1.17. The van der Waals surface area contributed by atoms with Crippen LogP contribution in [0.1, 0.15) is 36.4 Å². The molecule has 7 nitrogen and oxygen atoms in total. The minimum absolute atomic E-state index is 0.207. The summed E-state index contributed by atoms with van der Waals surface area (Å²) in [6, 6.07) is 20.7. The highest BCUT2D eigenvalue weighted by atomic mass is 16.5. The molecule has 0 amide bonds. The molecule has 2 saturated carbocycles. The molecule has 2 heterocycles. The van der Waals surface area contributed by atoms with Crippen molar-refractivity contribution >= 4 is 17.1 Å². The van der Waals surface area contributed by atoms with E-state index in [1.807, 2.05) is 42.7 Å². The summed E-state index contributed by atoms with van der Waals surface area (Å²) in [6.07, 6.45) is 5.31. The lowest BCUT2D eigenvalue weighted by Gasteiger charge is -2.14. The minimum atomic E-state index is 0.207. The van der Waals surface area contributed by atoms with Crippen LogP contribution in [-0.4, -0.2) is 26.1 Å². The lowest BCUT2D eigenvalue weighted by atomic mass is 10.1. The fraction of sp³-hybridized carbons (Fsp3) is 0.346. The Morgan fingerprint density at radius 2 is 1.70 bits per heavy atom. The second-order valence-corrected chi connectivity index (χ2v) is 9.24. The van der Waals surface area contributed by atoms with Crippen molar-refractivity contribution in [3.05, 3.63) is 78.1 Å². The number of anilines is 1. The van der Waals surface area contributed by atoms with Gasteiger partial charge in [-0.15, -0.1) is 0 Å². The van der Waals surface area contributed by atoms with Crippen LogP contribution < -0.4 is 10.5 Å². The van der Waals surface area contributed by atoms with Gasteiger partial charge in [0.15, 0.2) is 11.2 Å².